The fraction of sp³-hybridized carbons (Fsp3) is 0.211. The smallest absolute Gasteiger partial charge is 0.250 e. The molecule has 5 rings (SSSR count). The molecule has 1 amide bonds. The number of amides is 1. The molecule has 29 heavy (non-hydrogen) atoms. The first-order valence-electron chi connectivity index (χ1n) is 9.19. The summed E-state index contributed by atoms with van der Waals surface area (Å²) in [5.41, 5.74) is 4.66. The van der Waals surface area contributed by atoms with Crippen LogP contribution in [0.15, 0.2) is 48.8 Å². The van der Waals surface area contributed by atoms with Gasteiger partial charge in [-0.25, -0.2) is 0 Å². The maximum absolute atomic E-state index is 12.8. The van der Waals surface area contributed by atoms with E-state index in [-0.39, 0.29) is 12.5 Å². The monoisotopic (exact) mass is 387 g/mol. The topological polar surface area (TPSA) is 108 Å². The van der Waals surface area contributed by atoms with Crippen molar-refractivity contribution in [2.45, 2.75) is 19.9 Å². The van der Waals surface area contributed by atoms with Crippen LogP contribution in [-0.4, -0.2) is 52.9 Å². The molecule has 10 heteroatoms. The number of aromatic nitrogens is 8. The second-order valence-corrected chi connectivity index (χ2v) is 6.84. The Morgan fingerprint density at radius 1 is 1.10 bits per heavy atom. The van der Waals surface area contributed by atoms with Gasteiger partial charge in [0.05, 0.1) is 5.69 Å². The summed E-state index contributed by atoms with van der Waals surface area (Å²) in [5.74, 6) is 0.341. The van der Waals surface area contributed by atoms with E-state index >= 15 is 0 Å². The van der Waals surface area contributed by atoms with E-state index in [1.54, 1.807) is 9.58 Å². The highest BCUT2D eigenvalue weighted by Crippen LogP contribution is 2.28. The average molecular weight is 387 g/mol. The lowest BCUT2D eigenvalue weighted by Crippen LogP contribution is -2.32. The van der Waals surface area contributed by atoms with Crippen molar-refractivity contribution >= 4 is 11.6 Å². The number of carbonyl (C=O) groups excluding carboxylic acids is 1. The third-order valence-electron chi connectivity index (χ3n) is 4.91. The van der Waals surface area contributed by atoms with E-state index in [4.69, 9.17) is 0 Å². The number of anilines is 1. The summed E-state index contributed by atoms with van der Waals surface area (Å²) in [7, 11) is 0. The summed E-state index contributed by atoms with van der Waals surface area (Å²) in [5, 5.41) is 24.0. The molecule has 0 aliphatic carbocycles. The lowest BCUT2D eigenvalue weighted by Gasteiger charge is -2.16. The molecular formula is C19H17N9O. The third kappa shape index (κ3) is 3.14. The van der Waals surface area contributed by atoms with Gasteiger partial charge in [-0.05, 0) is 58.3 Å². The van der Waals surface area contributed by atoms with Gasteiger partial charge in [0.1, 0.15) is 12.9 Å². The quantitative estimate of drug-likeness (QED) is 0.518. The number of benzene rings is 2. The predicted octanol–water partition coefficient (Wildman–Crippen LogP) is 1.21. The van der Waals surface area contributed by atoms with Crippen LogP contribution in [0, 0.1) is 6.92 Å². The van der Waals surface area contributed by atoms with Crippen molar-refractivity contribution in [2.24, 2.45) is 0 Å². The lowest BCUT2D eigenvalue weighted by atomic mass is 10.1. The van der Waals surface area contributed by atoms with Crippen molar-refractivity contribution < 1.29 is 4.79 Å². The number of carbonyl (C=O) groups is 1. The Kier molecular flexibility index (Phi) is 4.08. The molecule has 0 saturated heterocycles. The van der Waals surface area contributed by atoms with Gasteiger partial charge in [0.25, 0.3) is 5.91 Å². The van der Waals surface area contributed by atoms with Gasteiger partial charge in [0.2, 0.25) is 5.82 Å². The molecule has 4 aromatic rings. The number of para-hydroxylation sites is 1. The van der Waals surface area contributed by atoms with Crippen molar-refractivity contribution in [1.82, 2.24) is 40.4 Å². The Bertz CT molecular complexity index is 1180. The van der Waals surface area contributed by atoms with Gasteiger partial charge in [-0.3, -0.25) is 4.79 Å². The molecular weight excluding hydrogens is 370 g/mol. The zero-order chi connectivity index (χ0) is 19.8. The highest BCUT2D eigenvalue weighted by molar-refractivity contribution is 5.95. The van der Waals surface area contributed by atoms with Gasteiger partial charge >= 0.3 is 0 Å². The van der Waals surface area contributed by atoms with Gasteiger partial charge in [-0.2, -0.15) is 9.48 Å². The summed E-state index contributed by atoms with van der Waals surface area (Å²) in [4.78, 5) is 15.9. The molecule has 0 bridgehead atoms. The van der Waals surface area contributed by atoms with Gasteiger partial charge in [-0.1, -0.05) is 24.3 Å². The van der Waals surface area contributed by atoms with Crippen molar-refractivity contribution in [2.75, 3.05) is 11.4 Å². The molecule has 10 nitrogen and oxygen atoms in total. The maximum atomic E-state index is 12.8. The van der Waals surface area contributed by atoms with Crippen LogP contribution in [0.25, 0.3) is 17.1 Å². The molecule has 0 unspecified atom stereocenters. The number of tetrazole rings is 2. The minimum atomic E-state index is -0.0662. The van der Waals surface area contributed by atoms with Crippen LogP contribution < -0.4 is 4.90 Å². The van der Waals surface area contributed by atoms with E-state index in [1.807, 2.05) is 49.4 Å². The van der Waals surface area contributed by atoms with Crippen LogP contribution in [0.2, 0.25) is 0 Å². The fourth-order valence-electron chi connectivity index (χ4n) is 3.51. The molecule has 0 radical (unpaired) electrons. The minimum absolute atomic E-state index is 0.0212. The van der Waals surface area contributed by atoms with Crippen molar-refractivity contribution in [3.8, 4) is 17.1 Å². The summed E-state index contributed by atoms with van der Waals surface area (Å²) in [6, 6.07) is 13.7. The molecule has 0 N–H and O–H groups in total. The molecule has 3 heterocycles. The Morgan fingerprint density at radius 2 is 2.00 bits per heavy atom. The molecule has 1 aliphatic rings. The van der Waals surface area contributed by atoms with Crippen LogP contribution in [0.5, 0.6) is 0 Å². The van der Waals surface area contributed by atoms with Crippen molar-refractivity contribution in [3.63, 3.8) is 0 Å². The first-order chi connectivity index (χ1) is 14.2. The second kappa shape index (κ2) is 6.89. The van der Waals surface area contributed by atoms with E-state index in [9.17, 15) is 4.79 Å². The number of hydrogen-bond donors (Lipinski definition) is 0. The van der Waals surface area contributed by atoms with Crippen LogP contribution >= 0.6 is 0 Å². The maximum Gasteiger partial charge on any atom is 0.250 e. The van der Waals surface area contributed by atoms with Crippen molar-refractivity contribution in [3.05, 3.63) is 59.9 Å². The van der Waals surface area contributed by atoms with E-state index < -0.39 is 0 Å². The normalized spacial score (nSPS) is 12.9. The number of rotatable bonds is 4. The molecule has 144 valence electrons. The number of fused-ring (bicyclic) bond motifs is 1. The fourth-order valence-corrected chi connectivity index (χ4v) is 3.51. The van der Waals surface area contributed by atoms with Crippen molar-refractivity contribution in [1.29, 1.82) is 0 Å². The highest BCUT2D eigenvalue weighted by Gasteiger charge is 2.25. The van der Waals surface area contributed by atoms with E-state index in [1.165, 1.54) is 16.7 Å². The Hall–Kier alpha value is -3.95. The lowest BCUT2D eigenvalue weighted by molar-refractivity contribution is -0.119. The molecule has 1 aliphatic heterocycles. The zero-order valence-corrected chi connectivity index (χ0v) is 15.7. The highest BCUT2D eigenvalue weighted by atomic mass is 16.2. The van der Waals surface area contributed by atoms with E-state index in [0.29, 0.717) is 12.4 Å². The number of nitrogens with zero attached hydrogens (tertiary/aromatic N) is 9. The number of hydrogen-bond acceptors (Lipinski definition) is 7. The molecule has 2 aromatic carbocycles. The van der Waals surface area contributed by atoms with E-state index in [0.717, 1.165) is 28.9 Å². The molecule has 0 saturated carbocycles. The van der Waals surface area contributed by atoms with Crippen LogP contribution in [0.3, 0.4) is 0 Å². The third-order valence-corrected chi connectivity index (χ3v) is 4.91. The Labute approximate surface area is 165 Å². The predicted molar refractivity (Wildman–Crippen MR) is 103 cm³/mol. The summed E-state index contributed by atoms with van der Waals surface area (Å²) < 4.78 is 1.55. The van der Waals surface area contributed by atoms with Crippen LogP contribution in [0.1, 0.15) is 11.1 Å². The first-order valence-corrected chi connectivity index (χ1v) is 9.19. The SMILES string of the molecule is Cc1ccc(-c2nnn(CC(=O)N3CCc4ccccc43)n2)c(-n2cnnn2)c1. The molecule has 0 fully saturated rings. The van der Waals surface area contributed by atoms with Crippen LogP contribution in [-0.2, 0) is 17.8 Å². The molecule has 2 aromatic heterocycles. The average Bonchev–Trinajstić information content (AvgIpc) is 3.48. The van der Waals surface area contributed by atoms with Gasteiger partial charge in [0, 0.05) is 17.8 Å². The standard InChI is InChI=1S/C19H17N9O/c1-13-6-7-15(17(10-13)27-12-20-23-25-27)19-21-24-28(22-19)11-18(29)26-9-8-14-4-2-3-5-16(14)26/h2-7,10,12H,8-9,11H2,1H3. The van der Waals surface area contributed by atoms with Gasteiger partial charge < -0.3 is 4.90 Å². The summed E-state index contributed by atoms with van der Waals surface area (Å²) >= 11 is 0. The molecule has 0 atom stereocenters. The van der Waals surface area contributed by atoms with E-state index in [2.05, 4.69) is 30.9 Å². The Balaban J connectivity index is 1.41. The summed E-state index contributed by atoms with van der Waals surface area (Å²) in [6.45, 7) is 2.67. The zero-order valence-electron chi connectivity index (χ0n) is 15.7. The first kappa shape index (κ1) is 17.2. The number of aryl methyl sites for hydroxylation is 1. The Morgan fingerprint density at radius 3 is 2.86 bits per heavy atom. The minimum Gasteiger partial charge on any atom is -0.310 e. The van der Waals surface area contributed by atoms with Gasteiger partial charge in [0.15, 0.2) is 0 Å². The molecule has 0 spiro atoms. The van der Waals surface area contributed by atoms with Crippen LogP contribution in [0.4, 0.5) is 5.69 Å². The second-order valence-electron chi connectivity index (χ2n) is 6.84. The summed E-state index contributed by atoms with van der Waals surface area (Å²) in [6.07, 6.45) is 2.37. The largest absolute Gasteiger partial charge is 0.310 e. The van der Waals surface area contributed by atoms with Gasteiger partial charge in [-0.15, -0.1) is 15.3 Å².